The van der Waals surface area contributed by atoms with E-state index >= 15 is 0 Å². The fraction of sp³-hybridized carbons (Fsp3) is 0.231. The first-order valence-corrected chi connectivity index (χ1v) is 21.8. The Bertz CT molecular complexity index is 2810. The zero-order valence-electron chi connectivity index (χ0n) is 35.8. The average Bonchev–Trinajstić information content (AvgIpc) is 4.15. The molecule has 0 atom stereocenters. The molecular formula is C52H52MnN8O2+5. The second-order valence-electron chi connectivity index (χ2n) is 15.6. The molecule has 2 N–H and O–H groups in total. The molecule has 0 unspecified atom stereocenters. The van der Waals surface area contributed by atoms with E-state index in [-0.39, 0.29) is 30.3 Å². The fourth-order valence-corrected chi connectivity index (χ4v) is 8.60. The number of aliphatic hydroxyl groups is 2. The second kappa shape index (κ2) is 19.8. The molecule has 7 aromatic heterocycles. The summed E-state index contributed by atoms with van der Waals surface area (Å²) in [5.74, 6) is 0. The van der Waals surface area contributed by atoms with E-state index in [1.807, 2.05) is 36.7 Å². The number of aryl methyl sites for hydroxylation is 2. The zero-order valence-corrected chi connectivity index (χ0v) is 37.0. The van der Waals surface area contributed by atoms with Crippen LogP contribution in [-0.4, -0.2) is 33.4 Å². The molecule has 9 rings (SSSR count). The van der Waals surface area contributed by atoms with Crippen LogP contribution in [0, 0.1) is 0 Å². The molecule has 2 aliphatic heterocycles. The average molecular weight is 876 g/mol. The number of aliphatic hydroxyl groups excluding tert-OH is 2. The molecule has 7 aromatic rings. The third kappa shape index (κ3) is 8.70. The van der Waals surface area contributed by atoms with E-state index in [0.29, 0.717) is 13.1 Å². The molecule has 10 nitrogen and oxygen atoms in total. The number of hydrogen-bond donors (Lipinski definition) is 2. The standard InChI is InChI=1S/C52H52N8O2.Mn/c1-3-5-27-57-29-11-7-15-45(57)49-37-19-20-38(53-37)50(46-16-8-12-30-58(46)28-6-4-2)40-22-24-42(55-40)52(48-18-10-14-32-60(48)34-36-62)44-26-25-43(56-44)51(41-23-21-39(49)54-41)47-17-9-13-31-59(47)33-35-61;/h7-26,29-32,61-62H,3-6,27-28,33-36H2,1-2H3;/q+2;+3. The van der Waals surface area contributed by atoms with Gasteiger partial charge < -0.3 is 20.2 Å². The summed E-state index contributed by atoms with van der Waals surface area (Å²) >= 11 is 0. The summed E-state index contributed by atoms with van der Waals surface area (Å²) in [6.45, 7) is 6.92. The molecule has 8 bridgehead atoms. The Hall–Kier alpha value is -6.36. The molecule has 2 aliphatic rings. The molecule has 0 fully saturated rings. The van der Waals surface area contributed by atoms with E-state index in [0.717, 1.165) is 129 Å². The van der Waals surface area contributed by atoms with Crippen LogP contribution < -0.4 is 28.2 Å². The van der Waals surface area contributed by atoms with Gasteiger partial charge in [-0.15, -0.1) is 22.1 Å². The van der Waals surface area contributed by atoms with Gasteiger partial charge in [-0.2, -0.15) is 18.3 Å². The molecule has 0 amide bonds. The van der Waals surface area contributed by atoms with Crippen molar-refractivity contribution < 1.29 is 45.6 Å². The van der Waals surface area contributed by atoms with E-state index in [1.54, 1.807) is 0 Å². The van der Waals surface area contributed by atoms with Gasteiger partial charge in [-0.25, -0.2) is 9.97 Å². The summed E-state index contributed by atoms with van der Waals surface area (Å²) in [7, 11) is 0. The minimum absolute atomic E-state index is 0. The molecule has 0 aromatic carbocycles. The molecular weight excluding hydrogens is 824 g/mol. The third-order valence-electron chi connectivity index (χ3n) is 11.6. The van der Waals surface area contributed by atoms with Gasteiger partial charge in [0.1, 0.15) is 26.3 Å². The number of unbranched alkanes of at least 4 members (excludes halogenated alkanes) is 2. The van der Waals surface area contributed by atoms with Gasteiger partial charge in [-0.3, -0.25) is 0 Å². The Morgan fingerprint density at radius 3 is 0.968 bits per heavy atom. The quantitative estimate of drug-likeness (QED) is 0.0877. The summed E-state index contributed by atoms with van der Waals surface area (Å²) in [6.07, 6.45) is 20.8. The molecule has 0 radical (unpaired) electrons. The maximum Gasteiger partial charge on any atom is 3.00 e. The first-order chi connectivity index (χ1) is 30.6. The molecule has 63 heavy (non-hydrogen) atoms. The van der Waals surface area contributed by atoms with Crippen LogP contribution in [0.15, 0.2) is 122 Å². The minimum atomic E-state index is -0.0224. The monoisotopic (exact) mass is 875 g/mol. The number of aromatic nitrogens is 8. The van der Waals surface area contributed by atoms with E-state index in [4.69, 9.17) is 19.9 Å². The summed E-state index contributed by atoms with van der Waals surface area (Å²) in [5.41, 5.74) is 13.6. The van der Waals surface area contributed by atoms with Crippen molar-refractivity contribution in [3.63, 3.8) is 0 Å². The Balaban J connectivity index is 0.00000544. The number of rotatable bonds is 14. The molecule has 9 heterocycles. The SMILES string of the molecule is CCCC[n+]1ccccc1-c1c2nc(c(-c3cccc[n+]3CCCC)c3ccc([n-]3)c(-c3cccc[n+]3CCO)c3nc(c(-c4cccc[n+]4CCO)c4ccc1[n-]4)C=C3)C=C2.[Mn+3]. The van der Waals surface area contributed by atoms with Crippen molar-refractivity contribution in [2.75, 3.05) is 13.2 Å². The van der Waals surface area contributed by atoms with Crippen LogP contribution in [0.3, 0.4) is 0 Å². The second-order valence-corrected chi connectivity index (χ2v) is 15.6. The van der Waals surface area contributed by atoms with E-state index in [9.17, 15) is 10.2 Å². The molecule has 0 saturated heterocycles. The van der Waals surface area contributed by atoms with Crippen molar-refractivity contribution in [3.8, 4) is 45.0 Å². The molecule has 314 valence electrons. The van der Waals surface area contributed by atoms with Crippen LogP contribution in [0.1, 0.15) is 62.3 Å². The van der Waals surface area contributed by atoms with Crippen LogP contribution in [0.25, 0.3) is 91.4 Å². The third-order valence-corrected chi connectivity index (χ3v) is 11.6. The molecule has 0 spiro atoms. The van der Waals surface area contributed by atoms with Crippen molar-refractivity contribution in [1.29, 1.82) is 0 Å². The normalized spacial score (nSPS) is 11.9. The fourth-order valence-electron chi connectivity index (χ4n) is 8.60. The first-order valence-electron chi connectivity index (χ1n) is 21.8. The number of hydrogen-bond acceptors (Lipinski definition) is 4. The first kappa shape index (κ1) is 43.3. The number of nitrogens with zero attached hydrogens (tertiary/aromatic N) is 8. The Kier molecular flexibility index (Phi) is 13.6. The Labute approximate surface area is 378 Å². The van der Waals surface area contributed by atoms with Gasteiger partial charge in [0, 0.05) is 61.4 Å². The van der Waals surface area contributed by atoms with Crippen LogP contribution in [-0.2, 0) is 43.2 Å². The van der Waals surface area contributed by atoms with Crippen LogP contribution in [0.4, 0.5) is 0 Å². The van der Waals surface area contributed by atoms with Gasteiger partial charge in [0.15, 0.2) is 37.9 Å². The van der Waals surface area contributed by atoms with Gasteiger partial charge in [0.25, 0.3) is 0 Å². The van der Waals surface area contributed by atoms with Crippen molar-refractivity contribution >= 4 is 46.4 Å². The molecule has 0 aliphatic carbocycles. The van der Waals surface area contributed by atoms with E-state index in [2.05, 4.69) is 142 Å². The molecule has 0 saturated carbocycles. The zero-order chi connectivity index (χ0) is 42.4. The summed E-state index contributed by atoms with van der Waals surface area (Å²) in [4.78, 5) is 22.0. The predicted octanol–water partition coefficient (Wildman–Crippen LogP) is 7.31. The van der Waals surface area contributed by atoms with Crippen LogP contribution >= 0.6 is 0 Å². The van der Waals surface area contributed by atoms with Crippen molar-refractivity contribution in [1.82, 2.24) is 19.9 Å². The molecule has 11 heteroatoms. The Morgan fingerprint density at radius 2 is 0.698 bits per heavy atom. The maximum absolute atomic E-state index is 10.2. The Morgan fingerprint density at radius 1 is 0.413 bits per heavy atom. The minimum Gasteiger partial charge on any atom is -0.656 e. The number of pyridine rings is 4. The maximum atomic E-state index is 10.2. The van der Waals surface area contributed by atoms with Crippen molar-refractivity contribution in [2.24, 2.45) is 0 Å². The van der Waals surface area contributed by atoms with Gasteiger partial charge in [-0.1, -0.05) is 51.0 Å². The van der Waals surface area contributed by atoms with Gasteiger partial charge in [0.2, 0.25) is 22.8 Å². The largest absolute Gasteiger partial charge is 3.00 e. The van der Waals surface area contributed by atoms with Gasteiger partial charge in [0.05, 0.1) is 45.0 Å². The topological polar surface area (TPSA) is 110 Å². The van der Waals surface area contributed by atoms with Crippen molar-refractivity contribution in [3.05, 3.63) is 145 Å². The smallest absolute Gasteiger partial charge is 0.656 e. The summed E-state index contributed by atoms with van der Waals surface area (Å²) in [5, 5.41) is 20.4. The summed E-state index contributed by atoms with van der Waals surface area (Å²) in [6, 6.07) is 33.2. The van der Waals surface area contributed by atoms with Crippen molar-refractivity contribution in [2.45, 2.75) is 65.7 Å². The predicted molar refractivity (Wildman–Crippen MR) is 243 cm³/mol. The number of fused-ring (bicyclic) bond motifs is 8. The van der Waals surface area contributed by atoms with Gasteiger partial charge in [-0.05, 0) is 48.6 Å². The van der Waals surface area contributed by atoms with E-state index < -0.39 is 0 Å². The van der Waals surface area contributed by atoms with Gasteiger partial charge >= 0.3 is 17.1 Å². The summed E-state index contributed by atoms with van der Waals surface area (Å²) < 4.78 is 8.74. The van der Waals surface area contributed by atoms with Crippen LogP contribution in [0.5, 0.6) is 0 Å². The van der Waals surface area contributed by atoms with Crippen LogP contribution in [0.2, 0.25) is 0 Å². The van der Waals surface area contributed by atoms with E-state index in [1.165, 1.54) is 0 Å².